The van der Waals surface area contributed by atoms with Crippen LogP contribution < -0.4 is 5.32 Å². The minimum atomic E-state index is 0.151. The van der Waals surface area contributed by atoms with Crippen LogP contribution in [-0.4, -0.2) is 37.0 Å². The standard InChI is InChI=1S/C13H26N2O/c1-10(13(2,3)4)15(5)12(16)8-11-6-7-14-9-11/h10-11,14H,6-9H2,1-5H3. The Morgan fingerprint density at radius 1 is 1.50 bits per heavy atom. The predicted octanol–water partition coefficient (Wildman–Crippen LogP) is 1.88. The lowest BCUT2D eigenvalue weighted by Gasteiger charge is -2.35. The highest BCUT2D eigenvalue weighted by atomic mass is 16.2. The fourth-order valence-electron chi connectivity index (χ4n) is 2.08. The molecule has 1 rings (SSSR count). The minimum Gasteiger partial charge on any atom is -0.343 e. The molecule has 0 aromatic carbocycles. The van der Waals surface area contributed by atoms with Gasteiger partial charge >= 0.3 is 0 Å². The summed E-state index contributed by atoms with van der Waals surface area (Å²) >= 11 is 0. The van der Waals surface area contributed by atoms with E-state index in [-0.39, 0.29) is 17.4 Å². The van der Waals surface area contributed by atoms with E-state index >= 15 is 0 Å². The van der Waals surface area contributed by atoms with Crippen molar-refractivity contribution in [1.29, 1.82) is 0 Å². The largest absolute Gasteiger partial charge is 0.343 e. The third kappa shape index (κ3) is 3.48. The summed E-state index contributed by atoms with van der Waals surface area (Å²) in [5, 5.41) is 3.31. The van der Waals surface area contributed by atoms with Gasteiger partial charge in [0.05, 0.1) is 0 Å². The van der Waals surface area contributed by atoms with Gasteiger partial charge in [0.1, 0.15) is 0 Å². The first-order chi connectivity index (χ1) is 7.32. The Balaban J connectivity index is 2.46. The number of nitrogens with zero attached hydrogens (tertiary/aromatic N) is 1. The number of amides is 1. The minimum absolute atomic E-state index is 0.151. The molecule has 94 valence electrons. The topological polar surface area (TPSA) is 32.3 Å². The van der Waals surface area contributed by atoms with Gasteiger partial charge in [-0.25, -0.2) is 0 Å². The summed E-state index contributed by atoms with van der Waals surface area (Å²) in [7, 11) is 1.93. The molecule has 0 aromatic rings. The Kier molecular flexibility index (Phi) is 4.36. The van der Waals surface area contributed by atoms with E-state index in [2.05, 4.69) is 33.0 Å². The van der Waals surface area contributed by atoms with Gasteiger partial charge in [-0.15, -0.1) is 0 Å². The van der Waals surface area contributed by atoms with Gasteiger partial charge in [0.25, 0.3) is 0 Å². The van der Waals surface area contributed by atoms with Crippen molar-refractivity contribution >= 4 is 5.91 Å². The molecule has 0 aliphatic carbocycles. The van der Waals surface area contributed by atoms with Gasteiger partial charge in [-0.2, -0.15) is 0 Å². The molecular weight excluding hydrogens is 200 g/mol. The molecule has 1 saturated heterocycles. The van der Waals surface area contributed by atoms with Crippen LogP contribution in [0.25, 0.3) is 0 Å². The first-order valence-corrected chi connectivity index (χ1v) is 6.28. The van der Waals surface area contributed by atoms with Crippen molar-refractivity contribution in [2.24, 2.45) is 11.3 Å². The van der Waals surface area contributed by atoms with Crippen molar-refractivity contribution in [2.75, 3.05) is 20.1 Å². The van der Waals surface area contributed by atoms with Crippen LogP contribution in [0, 0.1) is 11.3 Å². The summed E-state index contributed by atoms with van der Waals surface area (Å²) in [6.07, 6.45) is 1.84. The van der Waals surface area contributed by atoms with Crippen LogP contribution in [0.4, 0.5) is 0 Å². The average Bonchev–Trinajstić information content (AvgIpc) is 2.66. The van der Waals surface area contributed by atoms with E-state index in [1.54, 1.807) is 0 Å². The Bertz CT molecular complexity index is 239. The zero-order chi connectivity index (χ0) is 12.3. The molecule has 1 heterocycles. The second kappa shape index (κ2) is 5.17. The SMILES string of the molecule is CC(N(C)C(=O)CC1CCNC1)C(C)(C)C. The Labute approximate surface area is 99.6 Å². The van der Waals surface area contributed by atoms with Gasteiger partial charge < -0.3 is 10.2 Å². The van der Waals surface area contributed by atoms with Crippen LogP contribution in [0.2, 0.25) is 0 Å². The summed E-state index contributed by atoms with van der Waals surface area (Å²) in [6.45, 7) is 10.7. The summed E-state index contributed by atoms with van der Waals surface area (Å²) < 4.78 is 0. The molecule has 2 atom stereocenters. The number of hydrogen-bond donors (Lipinski definition) is 1. The first-order valence-electron chi connectivity index (χ1n) is 6.28. The van der Waals surface area contributed by atoms with E-state index in [0.717, 1.165) is 19.5 Å². The summed E-state index contributed by atoms with van der Waals surface area (Å²) in [6, 6.07) is 0.286. The molecule has 0 bridgehead atoms. The van der Waals surface area contributed by atoms with Gasteiger partial charge in [0, 0.05) is 19.5 Å². The first kappa shape index (κ1) is 13.5. The van der Waals surface area contributed by atoms with E-state index in [1.165, 1.54) is 0 Å². The molecule has 3 heteroatoms. The van der Waals surface area contributed by atoms with Crippen LogP contribution in [0.3, 0.4) is 0 Å². The third-order valence-electron chi connectivity index (χ3n) is 3.85. The van der Waals surface area contributed by atoms with Crippen LogP contribution in [0.5, 0.6) is 0 Å². The van der Waals surface area contributed by atoms with Crippen molar-refractivity contribution < 1.29 is 4.79 Å². The number of carbonyl (C=O) groups excluding carboxylic acids is 1. The molecule has 0 radical (unpaired) electrons. The van der Waals surface area contributed by atoms with Crippen LogP contribution in [0.15, 0.2) is 0 Å². The van der Waals surface area contributed by atoms with Gasteiger partial charge in [-0.1, -0.05) is 20.8 Å². The molecule has 2 unspecified atom stereocenters. The number of hydrogen-bond acceptors (Lipinski definition) is 2. The Morgan fingerprint density at radius 2 is 2.12 bits per heavy atom. The van der Waals surface area contributed by atoms with Crippen molar-refractivity contribution in [1.82, 2.24) is 10.2 Å². The molecular formula is C13H26N2O. The zero-order valence-corrected chi connectivity index (χ0v) is 11.3. The fourth-order valence-corrected chi connectivity index (χ4v) is 2.08. The Hall–Kier alpha value is -0.570. The summed E-state index contributed by atoms with van der Waals surface area (Å²) in [4.78, 5) is 14.0. The highest BCUT2D eigenvalue weighted by Gasteiger charge is 2.28. The summed E-state index contributed by atoms with van der Waals surface area (Å²) in [5.74, 6) is 0.832. The van der Waals surface area contributed by atoms with E-state index in [0.29, 0.717) is 12.3 Å². The van der Waals surface area contributed by atoms with Crippen molar-refractivity contribution in [3.8, 4) is 0 Å². The number of rotatable bonds is 3. The third-order valence-corrected chi connectivity index (χ3v) is 3.85. The predicted molar refractivity (Wildman–Crippen MR) is 67.3 cm³/mol. The molecule has 1 aliphatic rings. The fraction of sp³-hybridized carbons (Fsp3) is 0.923. The molecule has 0 saturated carbocycles. The normalized spacial score (nSPS) is 23.2. The molecule has 1 fully saturated rings. The van der Waals surface area contributed by atoms with Crippen molar-refractivity contribution in [3.63, 3.8) is 0 Å². The quantitative estimate of drug-likeness (QED) is 0.797. The molecule has 0 spiro atoms. The van der Waals surface area contributed by atoms with E-state index < -0.39 is 0 Å². The van der Waals surface area contributed by atoms with Crippen LogP contribution >= 0.6 is 0 Å². The van der Waals surface area contributed by atoms with Crippen LogP contribution in [-0.2, 0) is 4.79 Å². The smallest absolute Gasteiger partial charge is 0.222 e. The molecule has 1 N–H and O–H groups in total. The highest BCUT2D eigenvalue weighted by Crippen LogP contribution is 2.24. The van der Waals surface area contributed by atoms with Gasteiger partial charge in [-0.3, -0.25) is 4.79 Å². The summed E-state index contributed by atoms with van der Waals surface area (Å²) in [5.41, 5.74) is 0.151. The second-order valence-electron chi connectivity index (χ2n) is 6.11. The number of carbonyl (C=O) groups is 1. The maximum atomic E-state index is 12.1. The second-order valence-corrected chi connectivity index (χ2v) is 6.11. The average molecular weight is 226 g/mol. The highest BCUT2D eigenvalue weighted by molar-refractivity contribution is 5.76. The number of nitrogens with one attached hydrogen (secondary N) is 1. The molecule has 1 amide bonds. The van der Waals surface area contributed by atoms with E-state index in [9.17, 15) is 4.79 Å². The lowest BCUT2D eigenvalue weighted by molar-refractivity contribution is -0.134. The molecule has 16 heavy (non-hydrogen) atoms. The molecule has 0 aromatic heterocycles. The van der Waals surface area contributed by atoms with Crippen LogP contribution in [0.1, 0.15) is 40.5 Å². The monoisotopic (exact) mass is 226 g/mol. The Morgan fingerprint density at radius 3 is 2.56 bits per heavy atom. The van der Waals surface area contributed by atoms with Crippen molar-refractivity contribution in [2.45, 2.75) is 46.6 Å². The van der Waals surface area contributed by atoms with Gasteiger partial charge in [0.15, 0.2) is 0 Å². The van der Waals surface area contributed by atoms with E-state index in [1.807, 2.05) is 11.9 Å². The van der Waals surface area contributed by atoms with Crippen molar-refractivity contribution in [3.05, 3.63) is 0 Å². The lowest BCUT2D eigenvalue weighted by Crippen LogP contribution is -2.43. The zero-order valence-electron chi connectivity index (χ0n) is 11.3. The maximum absolute atomic E-state index is 12.1. The maximum Gasteiger partial charge on any atom is 0.222 e. The molecule has 3 nitrogen and oxygen atoms in total. The van der Waals surface area contributed by atoms with Gasteiger partial charge in [-0.05, 0) is 37.8 Å². The lowest BCUT2D eigenvalue weighted by atomic mass is 9.87. The molecule has 1 aliphatic heterocycles. The van der Waals surface area contributed by atoms with E-state index in [4.69, 9.17) is 0 Å². The van der Waals surface area contributed by atoms with Gasteiger partial charge in [0.2, 0.25) is 5.91 Å².